The van der Waals surface area contributed by atoms with Crippen LogP contribution in [0.1, 0.15) is 24.5 Å². The molecule has 2 nitrogen and oxygen atoms in total. The first kappa shape index (κ1) is 8.57. The molecule has 0 aliphatic carbocycles. The second kappa shape index (κ2) is 3.38. The lowest BCUT2D eigenvalue weighted by atomic mass is 10.3. The normalized spacial score (nSPS) is 13.4. The van der Waals surface area contributed by atoms with Crippen LogP contribution in [0.4, 0.5) is 0 Å². The molecule has 0 spiro atoms. The molecule has 68 valence electrons. The third-order valence-corrected chi connectivity index (χ3v) is 2.58. The fraction of sp³-hybridized carbons (Fsp3) is 0.300. The molecular weight excluding hydrogens is 184 g/mol. The number of nitrogens with one attached hydrogen (secondary N) is 1. The summed E-state index contributed by atoms with van der Waals surface area (Å²) in [5.74, 6) is 0.866. The van der Waals surface area contributed by atoms with Gasteiger partial charge in [-0.15, -0.1) is 11.6 Å². The fourth-order valence-corrected chi connectivity index (χ4v) is 1.42. The highest BCUT2D eigenvalue weighted by Gasteiger charge is 2.09. The van der Waals surface area contributed by atoms with Gasteiger partial charge in [0.25, 0.3) is 0 Å². The van der Waals surface area contributed by atoms with Crippen molar-refractivity contribution in [1.82, 2.24) is 9.97 Å². The number of hydrogen-bond acceptors (Lipinski definition) is 1. The molecule has 0 amide bonds. The van der Waals surface area contributed by atoms with E-state index < -0.39 is 0 Å². The standard InChI is InChI=1S/C10H11ClN2/c1-2-7(11)10-12-8-5-3-4-6-9(8)13-10/h3-7H,2H2,1H3,(H,12,13). The lowest BCUT2D eigenvalue weighted by molar-refractivity contribution is 0.827. The van der Waals surface area contributed by atoms with E-state index in [1.807, 2.05) is 31.2 Å². The third-order valence-electron chi connectivity index (χ3n) is 2.06. The van der Waals surface area contributed by atoms with Crippen LogP contribution < -0.4 is 0 Å². The number of rotatable bonds is 2. The maximum absolute atomic E-state index is 6.07. The molecule has 0 aliphatic heterocycles. The molecule has 0 saturated carbocycles. The maximum atomic E-state index is 6.07. The number of H-pyrrole nitrogens is 1. The van der Waals surface area contributed by atoms with Gasteiger partial charge in [0.1, 0.15) is 5.82 Å². The van der Waals surface area contributed by atoms with Crippen LogP contribution in [0.3, 0.4) is 0 Å². The van der Waals surface area contributed by atoms with Crippen molar-refractivity contribution < 1.29 is 0 Å². The van der Waals surface area contributed by atoms with E-state index in [0.29, 0.717) is 0 Å². The van der Waals surface area contributed by atoms with E-state index in [-0.39, 0.29) is 5.38 Å². The van der Waals surface area contributed by atoms with Crippen LogP contribution in [0.5, 0.6) is 0 Å². The van der Waals surface area contributed by atoms with Gasteiger partial charge in [0.2, 0.25) is 0 Å². The Morgan fingerprint density at radius 2 is 2.23 bits per heavy atom. The monoisotopic (exact) mass is 194 g/mol. The zero-order chi connectivity index (χ0) is 9.26. The van der Waals surface area contributed by atoms with Crippen LogP contribution in [0.15, 0.2) is 24.3 Å². The Morgan fingerprint density at radius 3 is 2.92 bits per heavy atom. The summed E-state index contributed by atoms with van der Waals surface area (Å²) >= 11 is 6.07. The van der Waals surface area contributed by atoms with Crippen molar-refractivity contribution in [2.75, 3.05) is 0 Å². The van der Waals surface area contributed by atoms with E-state index in [1.54, 1.807) is 0 Å². The molecule has 1 unspecified atom stereocenters. The fourth-order valence-electron chi connectivity index (χ4n) is 1.31. The quantitative estimate of drug-likeness (QED) is 0.731. The van der Waals surface area contributed by atoms with Crippen molar-refractivity contribution in [3.8, 4) is 0 Å². The molecular formula is C10H11ClN2. The second-order valence-electron chi connectivity index (χ2n) is 3.01. The third kappa shape index (κ3) is 1.54. The summed E-state index contributed by atoms with van der Waals surface area (Å²) in [5.41, 5.74) is 2.04. The first-order valence-corrected chi connectivity index (χ1v) is 4.83. The number of halogens is 1. The van der Waals surface area contributed by atoms with Gasteiger partial charge in [-0.3, -0.25) is 0 Å². The Bertz CT molecular complexity index is 375. The molecule has 0 aliphatic rings. The van der Waals surface area contributed by atoms with Gasteiger partial charge in [-0.25, -0.2) is 4.98 Å². The maximum Gasteiger partial charge on any atom is 0.125 e. The Balaban J connectivity index is 2.49. The SMILES string of the molecule is CCC(Cl)c1nc2ccccc2[nH]1. The van der Waals surface area contributed by atoms with Crippen LogP contribution in [-0.2, 0) is 0 Å². The summed E-state index contributed by atoms with van der Waals surface area (Å²) in [6.07, 6.45) is 0.890. The molecule has 2 rings (SSSR count). The van der Waals surface area contributed by atoms with Crippen LogP contribution in [-0.4, -0.2) is 9.97 Å². The van der Waals surface area contributed by atoms with Gasteiger partial charge >= 0.3 is 0 Å². The van der Waals surface area contributed by atoms with E-state index in [1.165, 1.54) is 0 Å². The molecule has 1 heterocycles. The van der Waals surface area contributed by atoms with Gasteiger partial charge in [-0.2, -0.15) is 0 Å². The summed E-state index contributed by atoms with van der Waals surface area (Å²) in [6, 6.07) is 7.95. The van der Waals surface area contributed by atoms with Crippen LogP contribution in [0.25, 0.3) is 11.0 Å². The minimum Gasteiger partial charge on any atom is -0.341 e. The molecule has 1 aromatic heterocycles. The van der Waals surface area contributed by atoms with Crippen molar-refractivity contribution in [1.29, 1.82) is 0 Å². The smallest absolute Gasteiger partial charge is 0.125 e. The summed E-state index contributed by atoms with van der Waals surface area (Å²) < 4.78 is 0. The number of aromatic nitrogens is 2. The minimum atomic E-state index is -0.00704. The summed E-state index contributed by atoms with van der Waals surface area (Å²) in [5, 5.41) is -0.00704. The average molecular weight is 195 g/mol. The lowest BCUT2D eigenvalue weighted by Gasteiger charge is -1.99. The predicted octanol–water partition coefficient (Wildman–Crippen LogP) is 3.25. The van der Waals surface area contributed by atoms with Crippen LogP contribution in [0, 0.1) is 0 Å². The number of para-hydroxylation sites is 2. The summed E-state index contributed by atoms with van der Waals surface area (Å²) in [4.78, 5) is 7.60. The average Bonchev–Trinajstić information content (AvgIpc) is 2.59. The minimum absolute atomic E-state index is 0.00704. The number of fused-ring (bicyclic) bond motifs is 1. The largest absolute Gasteiger partial charge is 0.341 e. The van der Waals surface area contributed by atoms with Crippen molar-refractivity contribution in [3.63, 3.8) is 0 Å². The Hall–Kier alpha value is -1.02. The molecule has 0 fully saturated rings. The zero-order valence-corrected chi connectivity index (χ0v) is 8.17. The number of aromatic amines is 1. The molecule has 1 aromatic carbocycles. The lowest BCUT2D eigenvalue weighted by Crippen LogP contribution is -1.89. The van der Waals surface area contributed by atoms with Crippen molar-refractivity contribution in [2.24, 2.45) is 0 Å². The molecule has 2 aromatic rings. The zero-order valence-electron chi connectivity index (χ0n) is 7.42. The molecule has 1 N–H and O–H groups in total. The Morgan fingerprint density at radius 1 is 1.46 bits per heavy atom. The number of nitrogens with zero attached hydrogens (tertiary/aromatic N) is 1. The van der Waals surface area contributed by atoms with Crippen LogP contribution >= 0.6 is 11.6 Å². The van der Waals surface area contributed by atoms with E-state index in [2.05, 4.69) is 9.97 Å². The topological polar surface area (TPSA) is 28.7 Å². The molecule has 3 heteroatoms. The Labute approximate surface area is 81.9 Å². The highest BCUT2D eigenvalue weighted by molar-refractivity contribution is 6.20. The first-order valence-electron chi connectivity index (χ1n) is 4.40. The van der Waals surface area contributed by atoms with Crippen molar-refractivity contribution in [3.05, 3.63) is 30.1 Å². The second-order valence-corrected chi connectivity index (χ2v) is 3.54. The van der Waals surface area contributed by atoms with E-state index in [4.69, 9.17) is 11.6 Å². The molecule has 0 radical (unpaired) electrons. The molecule has 0 bridgehead atoms. The van der Waals surface area contributed by atoms with E-state index >= 15 is 0 Å². The van der Waals surface area contributed by atoms with Gasteiger partial charge < -0.3 is 4.98 Å². The summed E-state index contributed by atoms with van der Waals surface area (Å²) in [6.45, 7) is 2.05. The molecule has 13 heavy (non-hydrogen) atoms. The van der Waals surface area contributed by atoms with E-state index in [0.717, 1.165) is 23.3 Å². The number of hydrogen-bond donors (Lipinski definition) is 1. The molecule has 1 atom stereocenters. The first-order chi connectivity index (χ1) is 6.31. The van der Waals surface area contributed by atoms with Gasteiger partial charge in [0, 0.05) is 0 Å². The van der Waals surface area contributed by atoms with Crippen molar-refractivity contribution >= 4 is 22.6 Å². The highest BCUT2D eigenvalue weighted by Crippen LogP contribution is 2.23. The van der Waals surface area contributed by atoms with Gasteiger partial charge in [0.05, 0.1) is 16.4 Å². The summed E-state index contributed by atoms with van der Waals surface area (Å²) in [7, 11) is 0. The number of alkyl halides is 1. The van der Waals surface area contributed by atoms with E-state index in [9.17, 15) is 0 Å². The van der Waals surface area contributed by atoms with Crippen LogP contribution in [0.2, 0.25) is 0 Å². The van der Waals surface area contributed by atoms with Crippen molar-refractivity contribution in [2.45, 2.75) is 18.7 Å². The van der Waals surface area contributed by atoms with Gasteiger partial charge in [-0.05, 0) is 18.6 Å². The number of imidazole rings is 1. The van der Waals surface area contributed by atoms with Gasteiger partial charge in [-0.1, -0.05) is 19.1 Å². The molecule has 0 saturated heterocycles. The Kier molecular flexibility index (Phi) is 2.23. The number of benzene rings is 1. The predicted molar refractivity (Wildman–Crippen MR) is 55.0 cm³/mol. The highest BCUT2D eigenvalue weighted by atomic mass is 35.5. The van der Waals surface area contributed by atoms with Gasteiger partial charge in [0.15, 0.2) is 0 Å².